The number of pyridine rings is 1. The van der Waals surface area contributed by atoms with Gasteiger partial charge in [-0.2, -0.15) is 0 Å². The van der Waals surface area contributed by atoms with Crippen molar-refractivity contribution in [3.63, 3.8) is 0 Å². The SMILES string of the molecule is CN(C)CCN(C)C1CCC(n2ccn(-c3ccc(OC4CCCC4)nc3)c2=O)CC1. The first kappa shape index (κ1) is 22.1. The lowest BCUT2D eigenvalue weighted by molar-refractivity contribution is 0.155. The van der Waals surface area contributed by atoms with E-state index in [2.05, 4.69) is 35.9 Å². The second-order valence-corrected chi connectivity index (χ2v) is 9.48. The summed E-state index contributed by atoms with van der Waals surface area (Å²) in [6, 6.07) is 4.71. The highest BCUT2D eigenvalue weighted by atomic mass is 16.5. The normalized spacial score (nSPS) is 22.5. The summed E-state index contributed by atoms with van der Waals surface area (Å²) in [6.45, 7) is 2.17. The maximum Gasteiger partial charge on any atom is 0.333 e. The van der Waals surface area contributed by atoms with Crippen molar-refractivity contribution in [1.82, 2.24) is 23.9 Å². The lowest BCUT2D eigenvalue weighted by Gasteiger charge is -2.35. The summed E-state index contributed by atoms with van der Waals surface area (Å²) in [5.74, 6) is 0.653. The predicted molar refractivity (Wildman–Crippen MR) is 123 cm³/mol. The number of ether oxygens (including phenoxy) is 1. The predicted octanol–water partition coefficient (Wildman–Crippen LogP) is 3.33. The Labute approximate surface area is 185 Å². The molecule has 2 aliphatic carbocycles. The third kappa shape index (κ3) is 5.39. The van der Waals surface area contributed by atoms with Crippen LogP contribution in [0.25, 0.3) is 5.69 Å². The van der Waals surface area contributed by atoms with Gasteiger partial charge in [-0.25, -0.2) is 9.78 Å². The summed E-state index contributed by atoms with van der Waals surface area (Å²) < 4.78 is 9.56. The number of hydrogen-bond donors (Lipinski definition) is 0. The number of likely N-dealkylation sites (N-methyl/N-ethyl adjacent to an activating group) is 2. The van der Waals surface area contributed by atoms with Gasteiger partial charge in [0.05, 0.1) is 11.9 Å². The summed E-state index contributed by atoms with van der Waals surface area (Å²) >= 11 is 0. The Hall–Kier alpha value is -2.12. The Balaban J connectivity index is 1.36. The van der Waals surface area contributed by atoms with Crippen molar-refractivity contribution in [2.24, 2.45) is 0 Å². The molecule has 0 amide bonds. The molecule has 2 aliphatic rings. The van der Waals surface area contributed by atoms with E-state index in [4.69, 9.17) is 4.74 Å². The van der Waals surface area contributed by atoms with Gasteiger partial charge >= 0.3 is 5.69 Å². The third-order valence-electron chi connectivity index (χ3n) is 6.97. The van der Waals surface area contributed by atoms with Gasteiger partial charge in [-0.05, 0) is 78.6 Å². The lowest BCUT2D eigenvalue weighted by Crippen LogP contribution is -2.40. The number of rotatable bonds is 8. The Kier molecular flexibility index (Phi) is 7.13. The van der Waals surface area contributed by atoms with Gasteiger partial charge in [-0.3, -0.25) is 9.13 Å². The van der Waals surface area contributed by atoms with Crippen LogP contribution in [0, 0.1) is 0 Å². The molecule has 31 heavy (non-hydrogen) atoms. The number of imidazole rings is 1. The molecule has 2 heterocycles. The van der Waals surface area contributed by atoms with E-state index in [-0.39, 0.29) is 11.7 Å². The second kappa shape index (κ2) is 10.0. The minimum atomic E-state index is 0.0238. The second-order valence-electron chi connectivity index (χ2n) is 9.48. The van der Waals surface area contributed by atoms with E-state index >= 15 is 0 Å². The van der Waals surface area contributed by atoms with Crippen LogP contribution in [0.5, 0.6) is 5.88 Å². The molecule has 0 unspecified atom stereocenters. The molecule has 2 saturated carbocycles. The molecule has 2 aromatic heterocycles. The van der Waals surface area contributed by atoms with Crippen LogP contribution < -0.4 is 10.4 Å². The zero-order valence-corrected chi connectivity index (χ0v) is 19.2. The molecule has 170 valence electrons. The van der Waals surface area contributed by atoms with Crippen LogP contribution in [-0.4, -0.2) is 70.3 Å². The molecule has 0 radical (unpaired) electrons. The van der Waals surface area contributed by atoms with Gasteiger partial charge in [0.25, 0.3) is 0 Å². The number of aromatic nitrogens is 3. The zero-order valence-electron chi connectivity index (χ0n) is 19.2. The molecule has 0 saturated heterocycles. The molecule has 0 N–H and O–H groups in total. The molecule has 2 aromatic rings. The fourth-order valence-corrected chi connectivity index (χ4v) is 4.94. The Bertz CT molecular complexity index is 874. The minimum Gasteiger partial charge on any atom is -0.474 e. The molecule has 0 aromatic carbocycles. The fourth-order valence-electron chi connectivity index (χ4n) is 4.94. The van der Waals surface area contributed by atoms with Crippen molar-refractivity contribution >= 4 is 0 Å². The molecule has 7 heteroatoms. The van der Waals surface area contributed by atoms with Crippen molar-refractivity contribution in [2.75, 3.05) is 34.2 Å². The molecule has 0 spiro atoms. The quantitative estimate of drug-likeness (QED) is 0.647. The van der Waals surface area contributed by atoms with Gasteiger partial charge < -0.3 is 14.5 Å². The first-order valence-corrected chi connectivity index (χ1v) is 11.8. The summed E-state index contributed by atoms with van der Waals surface area (Å²) in [6.07, 6.45) is 14.9. The molecule has 4 rings (SSSR count). The van der Waals surface area contributed by atoms with E-state index in [0.29, 0.717) is 18.0 Å². The molecule has 0 atom stereocenters. The van der Waals surface area contributed by atoms with Crippen molar-refractivity contribution in [3.8, 4) is 11.6 Å². The first-order chi connectivity index (χ1) is 15.0. The maximum absolute atomic E-state index is 13.1. The topological polar surface area (TPSA) is 55.5 Å². The fraction of sp³-hybridized carbons (Fsp3) is 0.667. The average Bonchev–Trinajstić information content (AvgIpc) is 3.42. The van der Waals surface area contributed by atoms with Crippen molar-refractivity contribution in [1.29, 1.82) is 0 Å². The summed E-state index contributed by atoms with van der Waals surface area (Å²) in [7, 11) is 6.46. The van der Waals surface area contributed by atoms with Gasteiger partial charge in [-0.1, -0.05) is 0 Å². The van der Waals surface area contributed by atoms with Crippen LogP contribution in [0.1, 0.15) is 57.4 Å². The Morgan fingerprint density at radius 1 is 1.00 bits per heavy atom. The van der Waals surface area contributed by atoms with E-state index in [9.17, 15) is 4.79 Å². The highest BCUT2D eigenvalue weighted by Crippen LogP contribution is 2.30. The number of hydrogen-bond acceptors (Lipinski definition) is 5. The lowest BCUT2D eigenvalue weighted by atomic mass is 9.90. The van der Waals surface area contributed by atoms with Gasteiger partial charge in [0.1, 0.15) is 6.10 Å². The molecule has 2 fully saturated rings. The van der Waals surface area contributed by atoms with Crippen LogP contribution in [-0.2, 0) is 0 Å². The summed E-state index contributed by atoms with van der Waals surface area (Å²) in [5, 5.41) is 0. The largest absolute Gasteiger partial charge is 0.474 e. The molecular formula is C24H37N5O2. The first-order valence-electron chi connectivity index (χ1n) is 11.8. The zero-order chi connectivity index (χ0) is 21.8. The van der Waals surface area contributed by atoms with Gasteiger partial charge in [-0.15, -0.1) is 0 Å². The smallest absolute Gasteiger partial charge is 0.333 e. The summed E-state index contributed by atoms with van der Waals surface area (Å²) in [4.78, 5) is 22.2. The van der Waals surface area contributed by atoms with Crippen molar-refractivity contribution in [2.45, 2.75) is 69.6 Å². The van der Waals surface area contributed by atoms with Crippen LogP contribution >= 0.6 is 0 Å². The van der Waals surface area contributed by atoms with E-state index in [1.165, 1.54) is 12.8 Å². The van der Waals surface area contributed by atoms with Crippen LogP contribution in [0.3, 0.4) is 0 Å². The standard InChI is InChI=1S/C24H37N5O2/c1-26(2)14-15-27(3)19-8-10-20(11-9-19)28-16-17-29(24(28)30)21-12-13-23(25-18-21)31-22-6-4-5-7-22/h12-13,16-20,22H,4-11,14-15H2,1-3H3. The third-order valence-corrected chi connectivity index (χ3v) is 6.97. The van der Waals surface area contributed by atoms with Gasteiger partial charge in [0.2, 0.25) is 5.88 Å². The molecular weight excluding hydrogens is 390 g/mol. The van der Waals surface area contributed by atoms with Gasteiger partial charge in [0.15, 0.2) is 0 Å². The van der Waals surface area contributed by atoms with Crippen LogP contribution in [0.2, 0.25) is 0 Å². The highest BCUT2D eigenvalue weighted by Gasteiger charge is 2.26. The molecule has 0 bridgehead atoms. The van der Waals surface area contributed by atoms with E-state index < -0.39 is 0 Å². The van der Waals surface area contributed by atoms with Crippen LogP contribution in [0.15, 0.2) is 35.5 Å². The van der Waals surface area contributed by atoms with E-state index in [1.54, 1.807) is 10.8 Å². The average molecular weight is 428 g/mol. The minimum absolute atomic E-state index is 0.0238. The summed E-state index contributed by atoms with van der Waals surface area (Å²) in [5.41, 5.74) is 0.815. The Morgan fingerprint density at radius 2 is 1.74 bits per heavy atom. The van der Waals surface area contributed by atoms with Crippen LogP contribution in [0.4, 0.5) is 0 Å². The van der Waals surface area contributed by atoms with Crippen molar-refractivity contribution in [3.05, 3.63) is 41.2 Å². The maximum atomic E-state index is 13.1. The van der Waals surface area contributed by atoms with Gasteiger partial charge in [0, 0.05) is 43.6 Å². The molecule has 7 nitrogen and oxygen atoms in total. The number of nitrogens with zero attached hydrogens (tertiary/aromatic N) is 5. The monoisotopic (exact) mass is 427 g/mol. The van der Waals surface area contributed by atoms with E-state index in [0.717, 1.165) is 57.3 Å². The van der Waals surface area contributed by atoms with E-state index in [1.807, 2.05) is 29.1 Å². The van der Waals surface area contributed by atoms with Crippen molar-refractivity contribution < 1.29 is 4.74 Å². The Morgan fingerprint density at radius 3 is 2.39 bits per heavy atom. The molecule has 0 aliphatic heterocycles. The highest BCUT2D eigenvalue weighted by molar-refractivity contribution is 5.31.